The van der Waals surface area contributed by atoms with Crippen molar-refractivity contribution in [3.05, 3.63) is 47.5 Å². The molecule has 1 aromatic rings. The minimum Gasteiger partial charge on any atom is -0.371 e. The van der Waals surface area contributed by atoms with E-state index in [0.29, 0.717) is 12.0 Å². The van der Waals surface area contributed by atoms with Gasteiger partial charge in [-0.15, -0.1) is 0 Å². The summed E-state index contributed by atoms with van der Waals surface area (Å²) in [5.41, 5.74) is 3.08. The Hall–Kier alpha value is -1.12. The smallest absolute Gasteiger partial charge is 0.113 e. The second kappa shape index (κ2) is 7.01. The topological polar surface area (TPSA) is 9.23 Å². The molecule has 3 atom stereocenters. The summed E-state index contributed by atoms with van der Waals surface area (Å²) >= 11 is 0. The van der Waals surface area contributed by atoms with Crippen molar-refractivity contribution in [1.82, 2.24) is 0 Å². The highest BCUT2D eigenvalue weighted by Crippen LogP contribution is 2.38. The predicted octanol–water partition coefficient (Wildman–Crippen LogP) is 4.56. The Kier molecular flexibility index (Phi) is 4.78. The average Bonchev–Trinajstić information content (AvgIpc) is 2.62. The van der Waals surface area contributed by atoms with E-state index in [0.717, 1.165) is 12.5 Å². The lowest BCUT2D eigenvalue weighted by molar-refractivity contribution is -0.948. The van der Waals surface area contributed by atoms with Crippen molar-refractivity contribution in [2.75, 3.05) is 26.2 Å². The molecule has 2 heterocycles. The van der Waals surface area contributed by atoms with Crippen LogP contribution in [0.1, 0.15) is 44.6 Å². The standard InChI is InChI=1S/C22H32NO/c1-18-10-11-20-14-21(18)22(24-17-20)16-23(12-6-3-7-13-23)15-19-8-4-2-5-9-19/h2,4-5,8-10,20-22H,3,6-7,11-17H2,1H3/q+1/t20-,21-,22-/m1/s1. The minimum atomic E-state index is 0.430. The molecule has 2 aliphatic heterocycles. The molecule has 24 heavy (non-hydrogen) atoms. The summed E-state index contributed by atoms with van der Waals surface area (Å²) in [5.74, 6) is 1.45. The van der Waals surface area contributed by atoms with Gasteiger partial charge in [-0.3, -0.25) is 0 Å². The van der Waals surface area contributed by atoms with Crippen molar-refractivity contribution >= 4 is 0 Å². The van der Waals surface area contributed by atoms with Gasteiger partial charge in [-0.05, 0) is 44.9 Å². The highest BCUT2D eigenvalue weighted by atomic mass is 16.5. The van der Waals surface area contributed by atoms with Crippen molar-refractivity contribution in [2.24, 2.45) is 11.8 Å². The van der Waals surface area contributed by atoms with Crippen LogP contribution in [0, 0.1) is 11.8 Å². The zero-order chi connectivity index (χ0) is 16.4. The maximum absolute atomic E-state index is 6.42. The number of hydrogen-bond acceptors (Lipinski definition) is 1. The normalized spacial score (nSPS) is 32.2. The van der Waals surface area contributed by atoms with E-state index in [9.17, 15) is 0 Å². The largest absolute Gasteiger partial charge is 0.371 e. The molecule has 0 N–H and O–H groups in total. The van der Waals surface area contributed by atoms with Gasteiger partial charge in [0, 0.05) is 11.5 Å². The molecule has 2 saturated heterocycles. The fraction of sp³-hybridized carbons (Fsp3) is 0.636. The molecule has 1 aliphatic carbocycles. The molecule has 1 aromatic carbocycles. The zero-order valence-electron chi connectivity index (χ0n) is 15.1. The Bertz CT molecular complexity index is 573. The van der Waals surface area contributed by atoms with Gasteiger partial charge in [0.05, 0.1) is 19.7 Å². The van der Waals surface area contributed by atoms with Crippen LogP contribution in [0.3, 0.4) is 0 Å². The Morgan fingerprint density at radius 3 is 2.67 bits per heavy atom. The minimum absolute atomic E-state index is 0.430. The molecule has 130 valence electrons. The first-order valence-corrected chi connectivity index (χ1v) is 9.91. The zero-order valence-corrected chi connectivity index (χ0v) is 15.1. The summed E-state index contributed by atoms with van der Waals surface area (Å²) < 4.78 is 7.66. The quantitative estimate of drug-likeness (QED) is 0.582. The van der Waals surface area contributed by atoms with Crippen LogP contribution in [0.4, 0.5) is 0 Å². The summed E-state index contributed by atoms with van der Waals surface area (Å²) in [6.07, 6.45) is 9.68. The Morgan fingerprint density at radius 1 is 1.08 bits per heavy atom. The van der Waals surface area contributed by atoms with E-state index in [-0.39, 0.29) is 0 Å². The molecule has 4 rings (SSSR count). The fourth-order valence-electron chi connectivity index (χ4n) is 5.22. The van der Waals surface area contributed by atoms with E-state index in [2.05, 4.69) is 43.3 Å². The predicted molar refractivity (Wildman–Crippen MR) is 98.6 cm³/mol. The van der Waals surface area contributed by atoms with Gasteiger partial charge in [0.25, 0.3) is 0 Å². The van der Waals surface area contributed by atoms with E-state index in [1.165, 1.54) is 68.3 Å². The highest BCUT2D eigenvalue weighted by molar-refractivity contribution is 5.14. The number of fused-ring (bicyclic) bond motifs is 2. The van der Waals surface area contributed by atoms with Gasteiger partial charge < -0.3 is 9.22 Å². The van der Waals surface area contributed by atoms with Crippen molar-refractivity contribution in [3.63, 3.8) is 0 Å². The number of nitrogens with zero attached hydrogens (tertiary/aromatic N) is 1. The van der Waals surface area contributed by atoms with Crippen molar-refractivity contribution in [3.8, 4) is 0 Å². The van der Waals surface area contributed by atoms with Crippen LogP contribution in [0.15, 0.2) is 42.0 Å². The third kappa shape index (κ3) is 3.45. The molecule has 0 amide bonds. The van der Waals surface area contributed by atoms with Crippen LogP contribution in [0.2, 0.25) is 0 Å². The van der Waals surface area contributed by atoms with E-state index >= 15 is 0 Å². The molecule has 3 aliphatic rings. The summed E-state index contributed by atoms with van der Waals surface area (Å²) in [4.78, 5) is 0. The van der Waals surface area contributed by atoms with Crippen LogP contribution >= 0.6 is 0 Å². The summed E-state index contributed by atoms with van der Waals surface area (Å²) in [7, 11) is 0. The number of benzene rings is 1. The average molecular weight is 327 g/mol. The van der Waals surface area contributed by atoms with Gasteiger partial charge in [-0.1, -0.05) is 42.0 Å². The maximum Gasteiger partial charge on any atom is 0.113 e. The molecule has 0 unspecified atom stereocenters. The molecule has 2 fully saturated rings. The first kappa shape index (κ1) is 16.4. The van der Waals surface area contributed by atoms with Crippen LogP contribution in [-0.4, -0.2) is 36.8 Å². The second-order valence-corrected chi connectivity index (χ2v) is 8.44. The number of hydrogen-bond donors (Lipinski definition) is 0. The molecule has 0 aromatic heterocycles. The third-order valence-corrected chi connectivity index (χ3v) is 6.63. The van der Waals surface area contributed by atoms with E-state index in [1.54, 1.807) is 5.57 Å². The second-order valence-electron chi connectivity index (χ2n) is 8.44. The van der Waals surface area contributed by atoms with Gasteiger partial charge in [-0.25, -0.2) is 0 Å². The van der Waals surface area contributed by atoms with E-state index < -0.39 is 0 Å². The highest BCUT2D eigenvalue weighted by Gasteiger charge is 2.41. The molecular weight excluding hydrogens is 294 g/mol. The third-order valence-electron chi connectivity index (χ3n) is 6.63. The number of quaternary nitrogens is 1. The SMILES string of the molecule is CC1=CC[C@H]2CO[C@H](C[N+]3(Cc4ccccc4)CCCCC3)[C@@H]1C2. The maximum atomic E-state index is 6.42. The van der Waals surface area contributed by atoms with Gasteiger partial charge in [-0.2, -0.15) is 0 Å². The molecule has 0 radical (unpaired) electrons. The molecule has 0 saturated carbocycles. The fourth-order valence-corrected chi connectivity index (χ4v) is 5.22. The summed E-state index contributed by atoms with van der Waals surface area (Å²) in [5, 5.41) is 0. The van der Waals surface area contributed by atoms with Gasteiger partial charge in [0.1, 0.15) is 19.2 Å². The molecular formula is C22H32NO+. The molecule has 2 heteroatoms. The van der Waals surface area contributed by atoms with Crippen molar-refractivity contribution in [2.45, 2.75) is 51.7 Å². The monoisotopic (exact) mass is 326 g/mol. The number of likely N-dealkylation sites (tertiary alicyclic amines) is 1. The van der Waals surface area contributed by atoms with Crippen molar-refractivity contribution < 1.29 is 9.22 Å². The van der Waals surface area contributed by atoms with Crippen LogP contribution < -0.4 is 0 Å². The lowest BCUT2D eigenvalue weighted by Crippen LogP contribution is -2.57. The number of ether oxygens (including phenoxy) is 1. The van der Waals surface area contributed by atoms with Gasteiger partial charge in [0.2, 0.25) is 0 Å². The van der Waals surface area contributed by atoms with E-state index in [4.69, 9.17) is 4.74 Å². The first-order chi connectivity index (χ1) is 11.7. The Morgan fingerprint density at radius 2 is 1.88 bits per heavy atom. The molecule has 2 nitrogen and oxygen atoms in total. The van der Waals surface area contributed by atoms with Crippen molar-refractivity contribution in [1.29, 1.82) is 0 Å². The van der Waals surface area contributed by atoms with Crippen LogP contribution in [-0.2, 0) is 11.3 Å². The number of piperidine rings is 1. The lowest BCUT2D eigenvalue weighted by Gasteiger charge is -2.47. The van der Waals surface area contributed by atoms with E-state index in [1.807, 2.05) is 0 Å². The first-order valence-electron chi connectivity index (χ1n) is 9.91. The number of rotatable bonds is 4. The molecule has 0 spiro atoms. The molecule has 2 bridgehead atoms. The number of allylic oxidation sites excluding steroid dienone is 1. The summed E-state index contributed by atoms with van der Waals surface area (Å²) in [6.45, 7) is 8.36. The van der Waals surface area contributed by atoms with Crippen LogP contribution in [0.5, 0.6) is 0 Å². The Labute approximate surface area is 147 Å². The van der Waals surface area contributed by atoms with Crippen LogP contribution in [0.25, 0.3) is 0 Å². The summed E-state index contributed by atoms with van der Waals surface area (Å²) in [6, 6.07) is 11.1. The Balaban J connectivity index is 1.53. The van der Waals surface area contributed by atoms with Gasteiger partial charge >= 0.3 is 0 Å². The van der Waals surface area contributed by atoms with Gasteiger partial charge in [0.15, 0.2) is 0 Å². The lowest BCUT2D eigenvalue weighted by atomic mass is 9.76.